The molecule has 1 saturated heterocycles. The van der Waals surface area contributed by atoms with Crippen molar-refractivity contribution in [3.63, 3.8) is 0 Å². The van der Waals surface area contributed by atoms with Gasteiger partial charge in [0, 0.05) is 37.9 Å². The van der Waals surface area contributed by atoms with Gasteiger partial charge in [0.15, 0.2) is 5.82 Å². The molecule has 2 aromatic rings. The van der Waals surface area contributed by atoms with Crippen LogP contribution in [0, 0.1) is 0 Å². The number of urea groups is 1. The molecule has 24 heavy (non-hydrogen) atoms. The summed E-state index contributed by atoms with van der Waals surface area (Å²) >= 11 is 0. The second-order valence-corrected chi connectivity index (χ2v) is 5.33. The van der Waals surface area contributed by atoms with E-state index in [2.05, 4.69) is 15.0 Å². The smallest absolute Gasteiger partial charge is 0.368 e. The van der Waals surface area contributed by atoms with Crippen LogP contribution in [0.25, 0.3) is 0 Å². The molecule has 0 saturated carbocycles. The average molecular weight is 340 g/mol. The van der Waals surface area contributed by atoms with Gasteiger partial charge in [0.1, 0.15) is 6.26 Å². The largest absolute Gasteiger partial charge is 0.416 e. The van der Waals surface area contributed by atoms with E-state index in [1.165, 1.54) is 24.5 Å². The van der Waals surface area contributed by atoms with Crippen molar-refractivity contribution < 1.29 is 22.5 Å². The lowest BCUT2D eigenvalue weighted by molar-refractivity contribution is -0.137. The lowest BCUT2D eigenvalue weighted by Gasteiger charge is -2.36. The van der Waals surface area contributed by atoms with Gasteiger partial charge in [-0.1, -0.05) is 5.16 Å². The van der Waals surface area contributed by atoms with Gasteiger partial charge in [0.05, 0.1) is 5.56 Å². The molecule has 0 bridgehead atoms. The minimum absolute atomic E-state index is 0.282. The third-order valence-corrected chi connectivity index (χ3v) is 3.80. The van der Waals surface area contributed by atoms with E-state index in [1.807, 2.05) is 4.90 Å². The summed E-state index contributed by atoms with van der Waals surface area (Å²) in [6.07, 6.45) is -2.98. The fraction of sp³-hybridized carbons (Fsp3) is 0.333. The molecule has 2 heterocycles. The molecule has 0 radical (unpaired) electrons. The summed E-state index contributed by atoms with van der Waals surface area (Å²) in [6, 6.07) is 6.30. The van der Waals surface area contributed by atoms with Gasteiger partial charge in [-0.15, -0.1) is 0 Å². The Kier molecular flexibility index (Phi) is 4.32. The minimum atomic E-state index is -4.34. The molecule has 1 aromatic heterocycles. The van der Waals surface area contributed by atoms with Crippen LogP contribution in [-0.2, 0) is 6.18 Å². The highest BCUT2D eigenvalue weighted by Crippen LogP contribution is 2.30. The van der Waals surface area contributed by atoms with Crippen molar-refractivity contribution in [3.8, 4) is 0 Å². The molecule has 6 nitrogen and oxygen atoms in total. The topological polar surface area (TPSA) is 61.6 Å². The van der Waals surface area contributed by atoms with Gasteiger partial charge in [-0.05, 0) is 24.3 Å². The van der Waals surface area contributed by atoms with E-state index < -0.39 is 11.7 Å². The minimum Gasteiger partial charge on any atom is -0.368 e. The number of hydrogen-bond acceptors (Lipinski definition) is 4. The fourth-order valence-electron chi connectivity index (χ4n) is 2.49. The predicted molar refractivity (Wildman–Crippen MR) is 80.8 cm³/mol. The first-order valence-corrected chi connectivity index (χ1v) is 7.32. The summed E-state index contributed by atoms with van der Waals surface area (Å²) in [5, 5.41) is 6.21. The number of piperazine rings is 1. The molecule has 1 aromatic carbocycles. The van der Waals surface area contributed by atoms with E-state index in [4.69, 9.17) is 0 Å². The molecule has 0 spiro atoms. The Balaban J connectivity index is 1.56. The first-order chi connectivity index (χ1) is 11.4. The quantitative estimate of drug-likeness (QED) is 0.913. The maximum atomic E-state index is 12.6. The third-order valence-electron chi connectivity index (χ3n) is 3.80. The first kappa shape index (κ1) is 16.2. The third kappa shape index (κ3) is 3.61. The number of amides is 2. The summed E-state index contributed by atoms with van der Waals surface area (Å²) < 4.78 is 42.4. The molecule has 128 valence electrons. The van der Waals surface area contributed by atoms with Crippen LogP contribution >= 0.6 is 0 Å². The molecular formula is C15H15F3N4O2. The Morgan fingerprint density at radius 3 is 2.29 bits per heavy atom. The summed E-state index contributed by atoms with van der Waals surface area (Å²) in [5.74, 6) is 0.338. The molecule has 1 fully saturated rings. The number of anilines is 2. The summed E-state index contributed by atoms with van der Waals surface area (Å²) in [5.41, 5.74) is 0.0384. The SMILES string of the molecule is O=C(Nc1ccon1)N1CCN(c2ccc(C(F)(F)F)cc2)CC1. The number of benzene rings is 1. The number of rotatable bonds is 2. The normalized spacial score (nSPS) is 15.5. The Morgan fingerprint density at radius 1 is 1.08 bits per heavy atom. The Bertz CT molecular complexity index is 678. The van der Waals surface area contributed by atoms with Gasteiger partial charge in [-0.25, -0.2) is 4.79 Å². The molecule has 3 rings (SSSR count). The van der Waals surface area contributed by atoms with Crippen LogP contribution in [0.2, 0.25) is 0 Å². The fourth-order valence-corrected chi connectivity index (χ4v) is 2.49. The number of carbonyl (C=O) groups is 1. The monoisotopic (exact) mass is 340 g/mol. The van der Waals surface area contributed by atoms with Crippen LogP contribution in [0.4, 0.5) is 29.5 Å². The first-order valence-electron chi connectivity index (χ1n) is 7.32. The van der Waals surface area contributed by atoms with Crippen LogP contribution in [0.5, 0.6) is 0 Å². The van der Waals surface area contributed by atoms with Gasteiger partial charge >= 0.3 is 12.2 Å². The van der Waals surface area contributed by atoms with E-state index in [0.717, 1.165) is 12.1 Å². The molecule has 0 aliphatic carbocycles. The molecule has 1 aliphatic rings. The summed E-state index contributed by atoms with van der Waals surface area (Å²) in [4.78, 5) is 15.6. The van der Waals surface area contributed by atoms with Crippen LogP contribution in [0.15, 0.2) is 41.1 Å². The zero-order valence-electron chi connectivity index (χ0n) is 12.6. The van der Waals surface area contributed by atoms with Gasteiger partial charge < -0.3 is 14.3 Å². The van der Waals surface area contributed by atoms with Crippen molar-refractivity contribution in [1.82, 2.24) is 10.1 Å². The Labute approximate surface area is 135 Å². The molecular weight excluding hydrogens is 325 g/mol. The number of aromatic nitrogens is 1. The van der Waals surface area contributed by atoms with Crippen LogP contribution < -0.4 is 10.2 Å². The zero-order valence-corrected chi connectivity index (χ0v) is 12.6. The highest BCUT2D eigenvalue weighted by molar-refractivity contribution is 5.88. The van der Waals surface area contributed by atoms with Crippen molar-refractivity contribution >= 4 is 17.5 Å². The van der Waals surface area contributed by atoms with Crippen molar-refractivity contribution in [2.75, 3.05) is 36.4 Å². The standard InChI is InChI=1S/C15H15F3N4O2/c16-15(17,18)11-1-3-12(4-2-11)21-6-8-22(9-7-21)14(23)19-13-5-10-24-20-13/h1-5,10H,6-9H2,(H,19,20,23). The lowest BCUT2D eigenvalue weighted by atomic mass is 10.1. The second kappa shape index (κ2) is 6.42. The molecule has 1 N–H and O–H groups in total. The summed E-state index contributed by atoms with van der Waals surface area (Å²) in [6.45, 7) is 2.00. The van der Waals surface area contributed by atoms with Gasteiger partial charge in [-0.3, -0.25) is 5.32 Å². The summed E-state index contributed by atoms with van der Waals surface area (Å²) in [7, 11) is 0. The molecule has 1 aliphatic heterocycles. The highest BCUT2D eigenvalue weighted by Gasteiger charge is 2.30. The molecule has 0 atom stereocenters. The van der Waals surface area contributed by atoms with Crippen molar-refractivity contribution in [3.05, 3.63) is 42.2 Å². The van der Waals surface area contributed by atoms with E-state index in [-0.39, 0.29) is 6.03 Å². The van der Waals surface area contributed by atoms with Crippen molar-refractivity contribution in [2.45, 2.75) is 6.18 Å². The maximum Gasteiger partial charge on any atom is 0.416 e. The number of nitrogens with one attached hydrogen (secondary N) is 1. The second-order valence-electron chi connectivity index (χ2n) is 5.33. The van der Waals surface area contributed by atoms with Crippen LogP contribution in [-0.4, -0.2) is 42.3 Å². The maximum absolute atomic E-state index is 12.6. The number of alkyl halides is 3. The predicted octanol–water partition coefficient (Wildman–Crippen LogP) is 3.05. The van der Waals surface area contributed by atoms with Crippen LogP contribution in [0.3, 0.4) is 0 Å². The van der Waals surface area contributed by atoms with Gasteiger partial charge in [0.2, 0.25) is 0 Å². The number of hydrogen-bond donors (Lipinski definition) is 1. The Morgan fingerprint density at radius 2 is 1.75 bits per heavy atom. The van der Waals surface area contributed by atoms with Gasteiger partial charge in [-0.2, -0.15) is 13.2 Å². The molecule has 0 unspecified atom stereocenters. The van der Waals surface area contributed by atoms with Gasteiger partial charge in [0.25, 0.3) is 0 Å². The Hall–Kier alpha value is -2.71. The number of halogens is 3. The van der Waals surface area contributed by atoms with Crippen molar-refractivity contribution in [1.29, 1.82) is 0 Å². The average Bonchev–Trinajstić information content (AvgIpc) is 3.07. The lowest BCUT2D eigenvalue weighted by Crippen LogP contribution is -2.50. The number of nitrogens with zero attached hydrogens (tertiary/aromatic N) is 3. The van der Waals surface area contributed by atoms with E-state index in [0.29, 0.717) is 37.7 Å². The van der Waals surface area contributed by atoms with E-state index in [1.54, 1.807) is 4.90 Å². The zero-order chi connectivity index (χ0) is 17.2. The van der Waals surface area contributed by atoms with Crippen LogP contribution in [0.1, 0.15) is 5.56 Å². The van der Waals surface area contributed by atoms with E-state index >= 15 is 0 Å². The molecule has 2 amide bonds. The number of carbonyl (C=O) groups excluding carboxylic acids is 1. The highest BCUT2D eigenvalue weighted by atomic mass is 19.4. The van der Waals surface area contributed by atoms with Crippen molar-refractivity contribution in [2.24, 2.45) is 0 Å². The molecule has 9 heteroatoms. The van der Waals surface area contributed by atoms with E-state index in [9.17, 15) is 18.0 Å².